The van der Waals surface area contributed by atoms with Gasteiger partial charge in [0.05, 0.1) is 6.07 Å². The molecule has 100 valence electrons. The maximum atomic E-state index is 10.2. The van der Waals surface area contributed by atoms with Crippen LogP contribution in [0.2, 0.25) is 0 Å². The number of rotatable bonds is 6. The molecule has 0 heterocycles. The first-order valence-corrected chi connectivity index (χ1v) is 6.83. The third kappa shape index (κ3) is 6.09. The van der Waals surface area contributed by atoms with Gasteiger partial charge in [0, 0.05) is 25.7 Å². The van der Waals surface area contributed by atoms with E-state index < -0.39 is 5.60 Å². The first kappa shape index (κ1) is 15.3. The van der Waals surface area contributed by atoms with E-state index in [-0.39, 0.29) is 0 Å². The zero-order valence-electron chi connectivity index (χ0n) is 11.5. The van der Waals surface area contributed by atoms with E-state index in [0.29, 0.717) is 19.3 Å². The fourth-order valence-electron chi connectivity index (χ4n) is 1.83. The van der Waals surface area contributed by atoms with E-state index in [1.54, 1.807) is 0 Å². The van der Waals surface area contributed by atoms with Gasteiger partial charge in [-0.2, -0.15) is 5.26 Å². The van der Waals surface area contributed by atoms with Gasteiger partial charge in [-0.15, -0.1) is 11.8 Å². The summed E-state index contributed by atoms with van der Waals surface area (Å²) in [5.41, 5.74) is -0.327. The van der Waals surface area contributed by atoms with Crippen LogP contribution in [0.1, 0.15) is 44.6 Å². The molecule has 0 fully saturated rings. The maximum absolute atomic E-state index is 10.2. The molecule has 0 spiro atoms. The van der Waals surface area contributed by atoms with Crippen molar-refractivity contribution in [3.8, 4) is 17.9 Å². The first-order chi connectivity index (χ1) is 9.20. The topological polar surface area (TPSA) is 44.0 Å². The van der Waals surface area contributed by atoms with Gasteiger partial charge >= 0.3 is 0 Å². The van der Waals surface area contributed by atoms with Crippen LogP contribution in [0.25, 0.3) is 0 Å². The Labute approximate surface area is 116 Å². The molecule has 1 rings (SSSR count). The average Bonchev–Trinajstić information content (AvgIpc) is 2.44. The molecule has 0 amide bonds. The number of hydrogen-bond acceptors (Lipinski definition) is 2. The second-order valence-electron chi connectivity index (χ2n) is 4.76. The SMILES string of the molecule is CCCCC#CCCC(O)(C#N)Cc1ccccc1. The van der Waals surface area contributed by atoms with Crippen LogP contribution in [0.4, 0.5) is 0 Å². The largest absolute Gasteiger partial charge is 0.375 e. The van der Waals surface area contributed by atoms with Crippen LogP contribution < -0.4 is 0 Å². The van der Waals surface area contributed by atoms with Crippen LogP contribution in [0.3, 0.4) is 0 Å². The summed E-state index contributed by atoms with van der Waals surface area (Å²) >= 11 is 0. The van der Waals surface area contributed by atoms with Gasteiger partial charge in [-0.05, 0) is 12.0 Å². The predicted octanol–water partition coefficient (Wildman–Crippen LogP) is 3.46. The van der Waals surface area contributed by atoms with E-state index in [4.69, 9.17) is 5.26 Å². The minimum atomic E-state index is -1.30. The Morgan fingerprint density at radius 1 is 1.16 bits per heavy atom. The van der Waals surface area contributed by atoms with Crippen molar-refractivity contribution in [2.45, 2.75) is 51.0 Å². The molecule has 2 heteroatoms. The number of unbranched alkanes of at least 4 members (excludes halogenated alkanes) is 2. The third-order valence-corrected chi connectivity index (χ3v) is 2.99. The molecule has 1 atom stereocenters. The van der Waals surface area contributed by atoms with Gasteiger partial charge in [0.25, 0.3) is 0 Å². The van der Waals surface area contributed by atoms with E-state index >= 15 is 0 Å². The monoisotopic (exact) mass is 255 g/mol. The van der Waals surface area contributed by atoms with Crippen LogP contribution in [0, 0.1) is 23.2 Å². The lowest BCUT2D eigenvalue weighted by Crippen LogP contribution is -2.29. The van der Waals surface area contributed by atoms with E-state index in [1.807, 2.05) is 36.4 Å². The van der Waals surface area contributed by atoms with Gasteiger partial charge in [-0.1, -0.05) is 43.7 Å². The van der Waals surface area contributed by atoms with Gasteiger partial charge in [-0.3, -0.25) is 0 Å². The molecular weight excluding hydrogens is 234 g/mol. The van der Waals surface area contributed by atoms with Crippen molar-refractivity contribution < 1.29 is 5.11 Å². The molecule has 1 aromatic rings. The van der Waals surface area contributed by atoms with E-state index in [1.165, 1.54) is 0 Å². The van der Waals surface area contributed by atoms with Gasteiger partial charge in [0.15, 0.2) is 5.60 Å². The van der Waals surface area contributed by atoms with Crippen LogP contribution >= 0.6 is 0 Å². The normalized spacial score (nSPS) is 12.9. The van der Waals surface area contributed by atoms with Crippen LogP contribution in [0.15, 0.2) is 30.3 Å². The van der Waals surface area contributed by atoms with Crippen molar-refractivity contribution in [1.29, 1.82) is 5.26 Å². The number of aliphatic hydroxyl groups is 1. The van der Waals surface area contributed by atoms with Crippen molar-refractivity contribution in [3.05, 3.63) is 35.9 Å². The lowest BCUT2D eigenvalue weighted by Gasteiger charge is -2.18. The summed E-state index contributed by atoms with van der Waals surface area (Å²) in [7, 11) is 0. The summed E-state index contributed by atoms with van der Waals surface area (Å²) < 4.78 is 0. The lowest BCUT2D eigenvalue weighted by atomic mass is 9.91. The van der Waals surface area contributed by atoms with Crippen molar-refractivity contribution in [2.24, 2.45) is 0 Å². The highest BCUT2D eigenvalue weighted by atomic mass is 16.3. The lowest BCUT2D eigenvalue weighted by molar-refractivity contribution is 0.0915. The van der Waals surface area contributed by atoms with Crippen molar-refractivity contribution in [3.63, 3.8) is 0 Å². The molecule has 2 nitrogen and oxygen atoms in total. The number of nitrogens with zero attached hydrogens (tertiary/aromatic N) is 1. The zero-order valence-corrected chi connectivity index (χ0v) is 11.5. The molecule has 0 saturated heterocycles. The second kappa shape index (κ2) is 8.35. The molecule has 0 aliphatic rings. The second-order valence-corrected chi connectivity index (χ2v) is 4.76. The average molecular weight is 255 g/mol. The maximum Gasteiger partial charge on any atom is 0.155 e. The Balaban J connectivity index is 2.47. The Morgan fingerprint density at radius 3 is 2.47 bits per heavy atom. The van der Waals surface area contributed by atoms with E-state index in [9.17, 15) is 5.11 Å². The first-order valence-electron chi connectivity index (χ1n) is 6.83. The molecule has 0 radical (unpaired) electrons. The minimum Gasteiger partial charge on any atom is -0.375 e. The highest BCUT2D eigenvalue weighted by Crippen LogP contribution is 2.18. The third-order valence-electron chi connectivity index (χ3n) is 2.99. The van der Waals surface area contributed by atoms with E-state index in [2.05, 4.69) is 18.8 Å². The fraction of sp³-hybridized carbons (Fsp3) is 0.471. The van der Waals surface area contributed by atoms with Gasteiger partial charge in [-0.25, -0.2) is 0 Å². The standard InChI is InChI=1S/C17H21NO/c1-2-3-4-5-6-10-13-17(19,15-18)14-16-11-8-7-9-12-16/h7-9,11-12,19H,2-4,10,13-14H2,1H3. The minimum absolute atomic E-state index is 0.362. The summed E-state index contributed by atoms with van der Waals surface area (Å²) in [5, 5.41) is 19.4. The summed E-state index contributed by atoms with van der Waals surface area (Å²) in [6.07, 6.45) is 4.49. The molecule has 1 unspecified atom stereocenters. The molecule has 0 aromatic heterocycles. The summed E-state index contributed by atoms with van der Waals surface area (Å²) in [6, 6.07) is 11.6. The highest BCUT2D eigenvalue weighted by Gasteiger charge is 2.25. The smallest absolute Gasteiger partial charge is 0.155 e. The van der Waals surface area contributed by atoms with Gasteiger partial charge in [0.1, 0.15) is 0 Å². The molecule has 0 bridgehead atoms. The molecule has 0 aliphatic carbocycles. The Hall–Kier alpha value is -1.77. The van der Waals surface area contributed by atoms with Gasteiger partial charge < -0.3 is 5.11 Å². The number of benzene rings is 1. The Kier molecular flexibility index (Phi) is 6.72. The number of nitriles is 1. The van der Waals surface area contributed by atoms with Crippen LogP contribution in [-0.2, 0) is 6.42 Å². The summed E-state index contributed by atoms with van der Waals surface area (Å²) in [4.78, 5) is 0. The summed E-state index contributed by atoms with van der Waals surface area (Å²) in [5.74, 6) is 6.11. The molecular formula is C17H21NO. The van der Waals surface area contributed by atoms with Gasteiger partial charge in [0.2, 0.25) is 0 Å². The Morgan fingerprint density at radius 2 is 1.84 bits per heavy atom. The van der Waals surface area contributed by atoms with Crippen molar-refractivity contribution in [2.75, 3.05) is 0 Å². The fourth-order valence-corrected chi connectivity index (χ4v) is 1.83. The number of hydrogen-bond donors (Lipinski definition) is 1. The molecule has 1 aromatic carbocycles. The molecule has 19 heavy (non-hydrogen) atoms. The van der Waals surface area contributed by atoms with Crippen LogP contribution in [-0.4, -0.2) is 10.7 Å². The molecule has 1 N–H and O–H groups in total. The zero-order chi connectivity index (χ0) is 14.0. The highest BCUT2D eigenvalue weighted by molar-refractivity contribution is 5.20. The molecule has 0 saturated carbocycles. The predicted molar refractivity (Wildman–Crippen MR) is 77.2 cm³/mol. The summed E-state index contributed by atoms with van der Waals surface area (Å²) in [6.45, 7) is 2.13. The van der Waals surface area contributed by atoms with Crippen molar-refractivity contribution >= 4 is 0 Å². The van der Waals surface area contributed by atoms with Crippen LogP contribution in [0.5, 0.6) is 0 Å². The van der Waals surface area contributed by atoms with E-state index in [0.717, 1.165) is 24.8 Å². The quantitative estimate of drug-likeness (QED) is 0.480. The Bertz CT molecular complexity index is 464. The van der Waals surface area contributed by atoms with Crippen molar-refractivity contribution in [1.82, 2.24) is 0 Å². The molecule has 0 aliphatic heterocycles.